The van der Waals surface area contributed by atoms with Gasteiger partial charge < -0.3 is 5.32 Å². The van der Waals surface area contributed by atoms with Gasteiger partial charge in [-0.1, -0.05) is 86.3 Å². The zero-order valence-electron chi connectivity index (χ0n) is 15.7. The molecular formula is C25H27N. The molecule has 0 saturated carbocycles. The van der Waals surface area contributed by atoms with Gasteiger partial charge >= 0.3 is 0 Å². The maximum absolute atomic E-state index is 3.81. The first-order valence-electron chi connectivity index (χ1n) is 9.03. The average Bonchev–Trinajstić information content (AvgIpc) is 2.68. The SMILES string of the molecule is C=C/C=C(\C=C/Nc1ccc(C(/C=C\C)=C/CC)cc1)c1ccccc1. The topological polar surface area (TPSA) is 12.0 Å². The fourth-order valence-corrected chi connectivity index (χ4v) is 2.67. The van der Waals surface area contributed by atoms with E-state index in [1.165, 1.54) is 16.7 Å². The summed E-state index contributed by atoms with van der Waals surface area (Å²) in [5, 5.41) is 3.34. The van der Waals surface area contributed by atoms with Gasteiger partial charge in [0.05, 0.1) is 0 Å². The molecule has 0 radical (unpaired) electrons. The molecule has 0 aliphatic heterocycles. The summed E-state index contributed by atoms with van der Waals surface area (Å²) in [6, 6.07) is 18.8. The van der Waals surface area contributed by atoms with Gasteiger partial charge in [0.1, 0.15) is 0 Å². The first-order valence-corrected chi connectivity index (χ1v) is 9.03. The lowest BCUT2D eigenvalue weighted by Crippen LogP contribution is -1.89. The Hall–Kier alpha value is -3.06. The van der Waals surface area contributed by atoms with Crippen LogP contribution in [0.2, 0.25) is 0 Å². The summed E-state index contributed by atoms with van der Waals surface area (Å²) in [5.74, 6) is 0. The molecule has 0 heterocycles. The summed E-state index contributed by atoms with van der Waals surface area (Å²) in [7, 11) is 0. The van der Waals surface area contributed by atoms with Gasteiger partial charge in [0.15, 0.2) is 0 Å². The van der Waals surface area contributed by atoms with Crippen molar-refractivity contribution in [1.29, 1.82) is 0 Å². The molecule has 2 rings (SSSR count). The summed E-state index contributed by atoms with van der Waals surface area (Å²) in [4.78, 5) is 0. The molecule has 1 N–H and O–H groups in total. The molecule has 0 saturated heterocycles. The minimum atomic E-state index is 1.03. The Bertz CT molecular complexity index is 803. The quantitative estimate of drug-likeness (QED) is 0.498. The van der Waals surface area contributed by atoms with Crippen LogP contribution in [0.4, 0.5) is 5.69 Å². The van der Waals surface area contributed by atoms with Gasteiger partial charge in [-0.05, 0) is 53.8 Å². The van der Waals surface area contributed by atoms with E-state index in [0.29, 0.717) is 0 Å². The zero-order chi connectivity index (χ0) is 18.6. The van der Waals surface area contributed by atoms with Crippen molar-refractivity contribution < 1.29 is 0 Å². The predicted molar refractivity (Wildman–Crippen MR) is 117 cm³/mol. The molecule has 2 aromatic rings. The van der Waals surface area contributed by atoms with Crippen molar-refractivity contribution in [2.24, 2.45) is 0 Å². The molecule has 0 amide bonds. The largest absolute Gasteiger partial charge is 0.362 e. The number of hydrogen-bond acceptors (Lipinski definition) is 1. The van der Waals surface area contributed by atoms with Gasteiger partial charge in [0, 0.05) is 11.9 Å². The molecular weight excluding hydrogens is 314 g/mol. The fraction of sp³-hybridized carbons (Fsp3) is 0.120. The van der Waals surface area contributed by atoms with Crippen molar-refractivity contribution >= 4 is 16.8 Å². The lowest BCUT2D eigenvalue weighted by Gasteiger charge is -2.06. The monoisotopic (exact) mass is 341 g/mol. The molecule has 132 valence electrons. The van der Waals surface area contributed by atoms with Crippen LogP contribution in [0, 0.1) is 0 Å². The van der Waals surface area contributed by atoms with Gasteiger partial charge in [-0.15, -0.1) is 0 Å². The molecule has 0 aromatic heterocycles. The third-order valence-corrected chi connectivity index (χ3v) is 3.91. The highest BCUT2D eigenvalue weighted by Gasteiger charge is 1.98. The van der Waals surface area contributed by atoms with E-state index in [4.69, 9.17) is 0 Å². The van der Waals surface area contributed by atoms with Crippen LogP contribution in [0.3, 0.4) is 0 Å². The molecule has 2 aromatic carbocycles. The van der Waals surface area contributed by atoms with E-state index in [0.717, 1.165) is 17.7 Å². The van der Waals surface area contributed by atoms with Crippen LogP contribution in [0.25, 0.3) is 11.1 Å². The Labute approximate surface area is 157 Å². The van der Waals surface area contributed by atoms with Crippen molar-refractivity contribution in [3.8, 4) is 0 Å². The minimum absolute atomic E-state index is 1.03. The lowest BCUT2D eigenvalue weighted by molar-refractivity contribution is 1.23. The standard InChI is InChI=1S/C25H27N/c1-4-10-21(11-5-2)24-15-17-25(18-16-24)26-20-19-22(12-6-3)23-13-8-7-9-14-23/h4,6-20,26H,3,5H2,1-2H3/b10-4-,20-19-,21-11+,22-12+. The number of benzene rings is 2. The van der Waals surface area contributed by atoms with E-state index in [1.807, 2.05) is 43.5 Å². The minimum Gasteiger partial charge on any atom is -0.362 e. The van der Waals surface area contributed by atoms with Crippen LogP contribution in [0.15, 0.2) is 104 Å². The first-order chi connectivity index (χ1) is 12.8. The van der Waals surface area contributed by atoms with Gasteiger partial charge in [0.25, 0.3) is 0 Å². The predicted octanol–water partition coefficient (Wildman–Crippen LogP) is 7.25. The highest BCUT2D eigenvalue weighted by Crippen LogP contribution is 2.20. The molecule has 0 unspecified atom stereocenters. The highest BCUT2D eigenvalue weighted by atomic mass is 14.8. The molecule has 0 atom stereocenters. The third kappa shape index (κ3) is 5.78. The number of rotatable bonds is 8. The smallest absolute Gasteiger partial charge is 0.0380 e. The van der Waals surface area contributed by atoms with Crippen molar-refractivity contribution in [2.75, 3.05) is 5.32 Å². The summed E-state index contributed by atoms with van der Waals surface area (Å²) >= 11 is 0. The van der Waals surface area contributed by atoms with Crippen molar-refractivity contribution in [3.05, 3.63) is 115 Å². The van der Waals surface area contributed by atoms with Crippen LogP contribution < -0.4 is 5.32 Å². The highest BCUT2D eigenvalue weighted by molar-refractivity contribution is 5.76. The Balaban J connectivity index is 2.09. The number of nitrogens with one attached hydrogen (secondary N) is 1. The second kappa shape index (κ2) is 10.7. The average molecular weight is 341 g/mol. The summed E-state index contributed by atoms with van der Waals surface area (Å²) in [6.45, 7) is 8.01. The van der Waals surface area contributed by atoms with E-state index in [9.17, 15) is 0 Å². The van der Waals surface area contributed by atoms with Gasteiger partial charge in [0.2, 0.25) is 0 Å². The van der Waals surface area contributed by atoms with E-state index in [1.54, 1.807) is 0 Å². The lowest BCUT2D eigenvalue weighted by atomic mass is 10.0. The molecule has 1 heteroatoms. The van der Waals surface area contributed by atoms with E-state index < -0.39 is 0 Å². The molecule has 0 spiro atoms. The normalized spacial score (nSPS) is 12.7. The Morgan fingerprint density at radius 2 is 1.62 bits per heavy atom. The van der Waals surface area contributed by atoms with E-state index in [2.05, 4.69) is 79.5 Å². The third-order valence-electron chi connectivity index (χ3n) is 3.91. The maximum Gasteiger partial charge on any atom is 0.0380 e. The summed E-state index contributed by atoms with van der Waals surface area (Å²) in [5.41, 5.74) is 5.84. The number of allylic oxidation sites excluding steroid dienone is 8. The van der Waals surface area contributed by atoms with Crippen LogP contribution >= 0.6 is 0 Å². The summed E-state index contributed by atoms with van der Waals surface area (Å²) in [6.07, 6.45) is 15.3. The van der Waals surface area contributed by atoms with E-state index in [-0.39, 0.29) is 0 Å². The molecule has 0 aliphatic carbocycles. The zero-order valence-corrected chi connectivity index (χ0v) is 15.7. The summed E-state index contributed by atoms with van der Waals surface area (Å²) < 4.78 is 0. The second-order valence-corrected chi connectivity index (χ2v) is 5.85. The van der Waals surface area contributed by atoms with Crippen LogP contribution in [0.5, 0.6) is 0 Å². The van der Waals surface area contributed by atoms with Crippen LogP contribution in [0.1, 0.15) is 31.4 Å². The van der Waals surface area contributed by atoms with Crippen molar-refractivity contribution in [1.82, 2.24) is 0 Å². The molecule has 0 bridgehead atoms. The van der Waals surface area contributed by atoms with Gasteiger partial charge in [-0.25, -0.2) is 0 Å². The van der Waals surface area contributed by atoms with Gasteiger partial charge in [-0.3, -0.25) is 0 Å². The van der Waals surface area contributed by atoms with Gasteiger partial charge in [-0.2, -0.15) is 0 Å². The maximum atomic E-state index is 3.81. The molecule has 0 fully saturated rings. The molecule has 1 nitrogen and oxygen atoms in total. The molecule has 26 heavy (non-hydrogen) atoms. The number of anilines is 1. The van der Waals surface area contributed by atoms with Crippen molar-refractivity contribution in [2.45, 2.75) is 20.3 Å². The second-order valence-electron chi connectivity index (χ2n) is 5.85. The van der Waals surface area contributed by atoms with E-state index >= 15 is 0 Å². The Morgan fingerprint density at radius 1 is 0.923 bits per heavy atom. The Kier molecular flexibility index (Phi) is 7.95. The first kappa shape index (κ1) is 19.3. The van der Waals surface area contributed by atoms with Crippen LogP contribution in [-0.2, 0) is 0 Å². The molecule has 0 aliphatic rings. The number of hydrogen-bond donors (Lipinski definition) is 1. The van der Waals surface area contributed by atoms with Crippen LogP contribution in [-0.4, -0.2) is 0 Å². The Morgan fingerprint density at radius 3 is 2.23 bits per heavy atom. The fourth-order valence-electron chi connectivity index (χ4n) is 2.67. The van der Waals surface area contributed by atoms with Crippen molar-refractivity contribution in [3.63, 3.8) is 0 Å².